The van der Waals surface area contributed by atoms with E-state index in [0.717, 1.165) is 17.7 Å². The van der Waals surface area contributed by atoms with Crippen molar-refractivity contribution in [3.63, 3.8) is 0 Å². The fraction of sp³-hybridized carbons (Fsp3) is 0.300. The molecule has 0 aliphatic rings. The summed E-state index contributed by atoms with van der Waals surface area (Å²) in [4.78, 5) is 17.9. The number of aryl methyl sites for hydroxylation is 2. The first-order valence-corrected chi connectivity index (χ1v) is 8.31. The molecule has 2 rings (SSSR count). The number of nitrogens with one attached hydrogen (secondary N) is 1. The molecule has 2 aromatic carbocycles. The molecule has 0 bridgehead atoms. The summed E-state index contributed by atoms with van der Waals surface area (Å²) in [6.07, 6.45) is 0.726. The van der Waals surface area contributed by atoms with Gasteiger partial charge in [0.15, 0.2) is 5.96 Å². The van der Waals surface area contributed by atoms with E-state index in [4.69, 9.17) is 5.73 Å². The molecule has 5 nitrogen and oxygen atoms in total. The van der Waals surface area contributed by atoms with Gasteiger partial charge in [0.1, 0.15) is 0 Å². The molecule has 0 heterocycles. The van der Waals surface area contributed by atoms with E-state index in [1.807, 2.05) is 36.4 Å². The maximum absolute atomic E-state index is 12.0. The van der Waals surface area contributed by atoms with E-state index in [9.17, 15) is 4.79 Å². The third-order valence-electron chi connectivity index (χ3n) is 4.04. The van der Waals surface area contributed by atoms with Crippen LogP contribution in [0.1, 0.15) is 27.0 Å². The molecule has 0 atom stereocenters. The summed E-state index contributed by atoms with van der Waals surface area (Å²) < 4.78 is 0. The van der Waals surface area contributed by atoms with Crippen molar-refractivity contribution in [2.45, 2.75) is 20.3 Å². The lowest BCUT2D eigenvalue weighted by Gasteiger charge is -2.11. The van der Waals surface area contributed by atoms with Crippen molar-refractivity contribution in [1.82, 2.24) is 4.90 Å². The monoisotopic (exact) mass is 466 g/mol. The van der Waals surface area contributed by atoms with Crippen molar-refractivity contribution < 1.29 is 4.79 Å². The van der Waals surface area contributed by atoms with Crippen LogP contribution in [-0.2, 0) is 6.42 Å². The Morgan fingerprint density at radius 2 is 1.85 bits per heavy atom. The molecule has 0 fully saturated rings. The fourth-order valence-corrected chi connectivity index (χ4v) is 2.43. The minimum Gasteiger partial charge on any atom is -0.370 e. The van der Waals surface area contributed by atoms with E-state index in [1.54, 1.807) is 19.0 Å². The average molecular weight is 466 g/mol. The van der Waals surface area contributed by atoms with Crippen molar-refractivity contribution in [3.05, 3.63) is 64.7 Å². The van der Waals surface area contributed by atoms with Crippen molar-refractivity contribution in [3.8, 4) is 0 Å². The maximum atomic E-state index is 12.0. The third-order valence-corrected chi connectivity index (χ3v) is 4.04. The van der Waals surface area contributed by atoms with Crippen molar-refractivity contribution >= 4 is 41.5 Å². The molecule has 1 amide bonds. The van der Waals surface area contributed by atoms with Gasteiger partial charge in [0, 0.05) is 31.9 Å². The van der Waals surface area contributed by atoms with Crippen molar-refractivity contribution in [1.29, 1.82) is 0 Å². The first kappa shape index (κ1) is 22.0. The molecule has 6 heteroatoms. The quantitative estimate of drug-likeness (QED) is 0.402. The van der Waals surface area contributed by atoms with Gasteiger partial charge in [-0.3, -0.25) is 9.79 Å². The van der Waals surface area contributed by atoms with Crippen LogP contribution < -0.4 is 11.1 Å². The average Bonchev–Trinajstić information content (AvgIpc) is 2.57. The standard InChI is InChI=1S/C20H26N4O.HI/c1-14-8-9-18(12-15(14)2)23-20(21)22-11-10-16-6-5-7-17(13-16)19(25)24(3)4;/h5-9,12-13H,10-11H2,1-4H3,(H3,21,22,23);1H. The fourth-order valence-electron chi connectivity index (χ4n) is 2.43. The molecule has 0 aromatic heterocycles. The summed E-state index contributed by atoms with van der Waals surface area (Å²) in [5.74, 6) is 0.394. The molecule has 0 saturated heterocycles. The second kappa shape index (κ2) is 10.2. The van der Waals surface area contributed by atoms with E-state index in [0.29, 0.717) is 18.1 Å². The Labute approximate surface area is 172 Å². The van der Waals surface area contributed by atoms with Gasteiger partial charge in [-0.2, -0.15) is 0 Å². The molecule has 0 radical (unpaired) electrons. The minimum atomic E-state index is 0. The molecular formula is C20H27IN4O. The molecule has 0 unspecified atom stereocenters. The Kier molecular flexibility index (Phi) is 8.57. The van der Waals surface area contributed by atoms with Gasteiger partial charge in [-0.15, -0.1) is 24.0 Å². The minimum absolute atomic E-state index is 0. The Morgan fingerprint density at radius 1 is 1.12 bits per heavy atom. The highest BCUT2D eigenvalue weighted by Crippen LogP contribution is 2.14. The lowest BCUT2D eigenvalue weighted by Crippen LogP contribution is -2.23. The normalized spacial score (nSPS) is 10.8. The van der Waals surface area contributed by atoms with E-state index in [1.165, 1.54) is 11.1 Å². The van der Waals surface area contributed by atoms with Gasteiger partial charge in [-0.05, 0) is 61.2 Å². The summed E-state index contributed by atoms with van der Waals surface area (Å²) in [5.41, 5.74) is 11.1. The predicted octanol–water partition coefficient (Wildman–Crippen LogP) is 3.59. The van der Waals surface area contributed by atoms with Crippen LogP contribution in [-0.4, -0.2) is 37.4 Å². The zero-order chi connectivity index (χ0) is 18.4. The molecule has 26 heavy (non-hydrogen) atoms. The number of halogens is 1. The number of nitrogens with two attached hydrogens (primary N) is 1. The van der Waals surface area contributed by atoms with E-state index in [-0.39, 0.29) is 29.9 Å². The van der Waals surface area contributed by atoms with E-state index < -0.39 is 0 Å². The lowest BCUT2D eigenvalue weighted by molar-refractivity contribution is 0.0827. The van der Waals surface area contributed by atoms with Gasteiger partial charge >= 0.3 is 0 Å². The zero-order valence-corrected chi connectivity index (χ0v) is 18.1. The molecular weight excluding hydrogens is 439 g/mol. The Morgan fingerprint density at radius 3 is 2.50 bits per heavy atom. The number of benzene rings is 2. The molecule has 0 spiro atoms. The molecule has 0 aliphatic heterocycles. The summed E-state index contributed by atoms with van der Waals surface area (Å²) in [6, 6.07) is 13.7. The van der Waals surface area contributed by atoms with E-state index >= 15 is 0 Å². The van der Waals surface area contributed by atoms with Crippen LogP contribution in [0.2, 0.25) is 0 Å². The first-order valence-electron chi connectivity index (χ1n) is 8.31. The summed E-state index contributed by atoms with van der Waals surface area (Å²) in [5, 5.41) is 3.11. The third kappa shape index (κ3) is 6.33. The van der Waals surface area contributed by atoms with Gasteiger partial charge in [-0.1, -0.05) is 18.2 Å². The smallest absolute Gasteiger partial charge is 0.253 e. The Hall–Kier alpha value is -2.09. The molecule has 0 saturated carbocycles. The maximum Gasteiger partial charge on any atom is 0.253 e. The van der Waals surface area contributed by atoms with Gasteiger partial charge in [0.2, 0.25) is 0 Å². The number of amides is 1. The van der Waals surface area contributed by atoms with Crippen molar-refractivity contribution in [2.75, 3.05) is 26.0 Å². The van der Waals surface area contributed by atoms with E-state index in [2.05, 4.69) is 30.2 Å². The summed E-state index contributed by atoms with van der Waals surface area (Å²) in [6.45, 7) is 4.70. The first-order chi connectivity index (χ1) is 11.9. The summed E-state index contributed by atoms with van der Waals surface area (Å²) in [7, 11) is 3.50. The van der Waals surface area contributed by atoms with Crippen LogP contribution in [0.4, 0.5) is 5.69 Å². The lowest BCUT2D eigenvalue weighted by atomic mass is 10.1. The number of guanidine groups is 1. The number of aliphatic imine (C=N–C) groups is 1. The van der Waals surface area contributed by atoms with Crippen LogP contribution in [0, 0.1) is 13.8 Å². The number of rotatable bonds is 5. The second-order valence-corrected chi connectivity index (χ2v) is 6.34. The largest absolute Gasteiger partial charge is 0.370 e. The molecule has 0 aliphatic carbocycles. The van der Waals surface area contributed by atoms with Gasteiger partial charge in [0.25, 0.3) is 5.91 Å². The van der Waals surface area contributed by atoms with Crippen molar-refractivity contribution in [2.24, 2.45) is 10.7 Å². The second-order valence-electron chi connectivity index (χ2n) is 6.34. The zero-order valence-electron chi connectivity index (χ0n) is 15.7. The highest BCUT2D eigenvalue weighted by atomic mass is 127. The molecule has 3 N–H and O–H groups in total. The number of hydrogen-bond acceptors (Lipinski definition) is 2. The van der Waals surface area contributed by atoms with Gasteiger partial charge in [0.05, 0.1) is 0 Å². The van der Waals surface area contributed by atoms with Crippen LogP contribution in [0.25, 0.3) is 0 Å². The predicted molar refractivity (Wildman–Crippen MR) is 120 cm³/mol. The van der Waals surface area contributed by atoms with Crippen LogP contribution in [0.15, 0.2) is 47.5 Å². The summed E-state index contributed by atoms with van der Waals surface area (Å²) >= 11 is 0. The Balaban J connectivity index is 0.00000338. The number of nitrogens with zero attached hydrogens (tertiary/aromatic N) is 2. The molecule has 140 valence electrons. The van der Waals surface area contributed by atoms with Crippen LogP contribution in [0.5, 0.6) is 0 Å². The van der Waals surface area contributed by atoms with Gasteiger partial charge < -0.3 is 16.0 Å². The van der Waals surface area contributed by atoms with Gasteiger partial charge in [-0.25, -0.2) is 0 Å². The SMILES string of the molecule is Cc1ccc(NC(N)=NCCc2cccc(C(=O)N(C)C)c2)cc1C.I. The van der Waals surface area contributed by atoms with Crippen LogP contribution in [0.3, 0.4) is 0 Å². The highest BCUT2D eigenvalue weighted by Gasteiger charge is 2.07. The molecule has 2 aromatic rings. The van der Waals surface area contributed by atoms with Crippen LogP contribution >= 0.6 is 24.0 Å². The number of carbonyl (C=O) groups excluding carboxylic acids is 1. The number of hydrogen-bond donors (Lipinski definition) is 2. The highest BCUT2D eigenvalue weighted by molar-refractivity contribution is 14.0. The Bertz CT molecular complexity index is 787. The number of carbonyl (C=O) groups is 1. The topological polar surface area (TPSA) is 70.7 Å². The number of anilines is 1.